The van der Waals surface area contributed by atoms with Crippen LogP contribution in [0.1, 0.15) is 51.4 Å². The van der Waals surface area contributed by atoms with Crippen LogP contribution in [0.5, 0.6) is 0 Å². The van der Waals surface area contributed by atoms with Crippen molar-refractivity contribution in [3.63, 3.8) is 0 Å². The largest absolute Gasteiger partial charge is 1.00 e. The molecule has 0 N–H and O–H groups in total. The summed E-state index contributed by atoms with van der Waals surface area (Å²) >= 11 is 0. The first kappa shape index (κ1) is 41.1. The normalized spacial score (nSPS) is 14.4. The predicted octanol–water partition coefficient (Wildman–Crippen LogP) is 5.21. The first-order chi connectivity index (χ1) is 11.6. The summed E-state index contributed by atoms with van der Waals surface area (Å²) in [4.78, 5) is 0. The van der Waals surface area contributed by atoms with Crippen molar-refractivity contribution in [2.24, 2.45) is 0 Å². The Kier molecular flexibility index (Phi) is 57.8. The van der Waals surface area contributed by atoms with Crippen molar-refractivity contribution in [1.29, 1.82) is 0 Å². The van der Waals surface area contributed by atoms with Gasteiger partial charge >= 0.3 is 84.2 Å². The van der Waals surface area contributed by atoms with E-state index in [1.807, 2.05) is 0 Å². The maximum absolute atomic E-state index is 7.50. The summed E-state index contributed by atoms with van der Waals surface area (Å²) in [6, 6.07) is 0. The summed E-state index contributed by atoms with van der Waals surface area (Å²) in [6.45, 7) is 27.8. The molecule has 2 aliphatic rings. The third-order valence-corrected chi connectivity index (χ3v) is 8.76. The van der Waals surface area contributed by atoms with Gasteiger partial charge in [-0.25, -0.2) is 0 Å². The van der Waals surface area contributed by atoms with Crippen LogP contribution in [0.25, 0.3) is 0 Å². The van der Waals surface area contributed by atoms with E-state index in [0.717, 1.165) is 0 Å². The molecule has 0 spiro atoms. The maximum Gasteiger partial charge on any atom is 1.00 e. The minimum Gasteiger partial charge on any atom is 1.00 e. The van der Waals surface area contributed by atoms with E-state index in [4.69, 9.17) is 18.6 Å². The van der Waals surface area contributed by atoms with Crippen molar-refractivity contribution in [3.8, 4) is 0 Å². The van der Waals surface area contributed by atoms with Crippen molar-refractivity contribution < 1.29 is 57.6 Å². The summed E-state index contributed by atoms with van der Waals surface area (Å²) < 4.78 is 30.0. The molecule has 0 atom stereocenters. The van der Waals surface area contributed by atoms with Crippen molar-refractivity contribution in [2.45, 2.75) is 88.6 Å². The summed E-state index contributed by atoms with van der Waals surface area (Å²) in [6.07, 6.45) is 12.2. The number of rotatable bonds is 2. The average Bonchev–Trinajstić information content (AvgIpc) is 3.36. The Bertz CT molecular complexity index is 276. The van der Waals surface area contributed by atoms with Gasteiger partial charge in [-0.15, -0.1) is 0 Å². The zero-order chi connectivity index (χ0) is 20.0. The van der Waals surface area contributed by atoms with Gasteiger partial charge in [0.2, 0.25) is 0 Å². The van der Waals surface area contributed by atoms with E-state index in [2.05, 4.69) is 52.8 Å². The summed E-state index contributed by atoms with van der Waals surface area (Å²) in [5.74, 6) is 0. The van der Waals surface area contributed by atoms with Crippen molar-refractivity contribution in [1.82, 2.24) is 0 Å². The summed E-state index contributed by atoms with van der Waals surface area (Å²) in [5, 5.41) is 0. The van der Waals surface area contributed by atoms with Gasteiger partial charge in [-0.05, 0) is 11.1 Å². The van der Waals surface area contributed by atoms with Crippen LogP contribution >= 0.6 is 0 Å². The molecule has 2 aliphatic carbocycles. The fourth-order valence-corrected chi connectivity index (χ4v) is 6.13. The molecule has 0 aromatic rings. The Balaban J connectivity index is -0.0000000528. The molecule has 8 heteroatoms. The van der Waals surface area contributed by atoms with E-state index < -0.39 is 0 Å². The van der Waals surface area contributed by atoms with E-state index >= 15 is 0 Å². The van der Waals surface area contributed by atoms with Crippen LogP contribution in [-0.4, -0.2) is 17.6 Å². The van der Waals surface area contributed by atoms with Crippen LogP contribution in [0.3, 0.4) is 0 Å². The molecular weight excluding hydrogens is 539 g/mol. The molecule has 0 saturated heterocycles. The van der Waals surface area contributed by atoms with E-state index in [0.29, 0.717) is 0 Å². The maximum atomic E-state index is 7.50. The molecule has 0 bridgehead atoms. The van der Waals surface area contributed by atoms with E-state index in [9.17, 15) is 0 Å². The van der Waals surface area contributed by atoms with Gasteiger partial charge in [-0.1, -0.05) is 77.6 Å². The molecule has 2 saturated carbocycles. The van der Waals surface area contributed by atoms with Gasteiger partial charge in [0.15, 0.2) is 0 Å². The standard InChI is InChI=1S/2C7H15Si.4CO.2Ru/c2*1-8(2)7-5-3-4-6-7;4*1-2;;/h2*7H,3-6H2,1-2H3;;;;;;/q;;;;;;2*+1. The molecule has 2 fully saturated rings. The molecule has 0 amide bonds. The third kappa shape index (κ3) is 26.9. The van der Waals surface area contributed by atoms with Crippen LogP contribution in [0.4, 0.5) is 0 Å². The fraction of sp³-hybridized carbons (Fsp3) is 0.778. The molecule has 0 aromatic heterocycles. The molecule has 4 nitrogen and oxygen atoms in total. The minimum absolute atomic E-state index is 0. The van der Waals surface area contributed by atoms with Crippen LogP contribution < -0.4 is 0 Å². The molecule has 148 valence electrons. The molecule has 0 heterocycles. The van der Waals surface area contributed by atoms with Crippen LogP contribution in [0.15, 0.2) is 0 Å². The van der Waals surface area contributed by atoms with Crippen molar-refractivity contribution in [2.75, 3.05) is 0 Å². The van der Waals surface area contributed by atoms with Gasteiger partial charge in [0.25, 0.3) is 0 Å². The Labute approximate surface area is 189 Å². The van der Waals surface area contributed by atoms with Gasteiger partial charge in [-0.2, -0.15) is 0 Å². The van der Waals surface area contributed by atoms with Crippen molar-refractivity contribution in [3.05, 3.63) is 26.6 Å². The Hall–Kier alpha value is 0.641. The Morgan fingerprint density at radius 1 is 0.500 bits per heavy atom. The second-order valence-electron chi connectivity index (χ2n) is 6.12. The topological polar surface area (TPSA) is 79.6 Å². The first-order valence-corrected chi connectivity index (χ1v) is 13.2. The van der Waals surface area contributed by atoms with Gasteiger partial charge in [0, 0.05) is 17.6 Å². The molecular formula is C18H30O4Ru2Si2+2. The Morgan fingerprint density at radius 3 is 0.731 bits per heavy atom. The SMILES string of the molecule is C[Si](C)C1CCCC1.C[Si](C)C1CCCC1.[C-]#[O+].[C-]#[O+].[C-]#[O+].[C-]#[O+].[Ru+].[Ru+]. The average molecular weight is 569 g/mol. The fourth-order valence-electron chi connectivity index (χ4n) is 3.01. The van der Waals surface area contributed by atoms with Crippen LogP contribution in [-0.2, 0) is 57.6 Å². The first-order valence-electron chi connectivity index (χ1n) is 8.03. The van der Waals surface area contributed by atoms with Gasteiger partial charge in [0.05, 0.1) is 0 Å². The van der Waals surface area contributed by atoms with Gasteiger partial charge in [0.1, 0.15) is 0 Å². The zero-order valence-corrected chi connectivity index (χ0v) is 21.6. The molecule has 0 aliphatic heterocycles. The third-order valence-electron chi connectivity index (χ3n) is 4.34. The number of hydrogen-bond acceptors (Lipinski definition) is 0. The van der Waals surface area contributed by atoms with E-state index in [-0.39, 0.29) is 56.5 Å². The monoisotopic (exact) mass is 570 g/mol. The quantitative estimate of drug-likeness (QED) is 0.249. The molecule has 2 rings (SSSR count). The molecule has 0 aromatic carbocycles. The second-order valence-corrected chi connectivity index (χ2v) is 12.1. The Morgan fingerprint density at radius 2 is 0.654 bits per heavy atom. The molecule has 4 radical (unpaired) electrons. The summed E-state index contributed by atoms with van der Waals surface area (Å²) in [5.41, 5.74) is 2.33. The second kappa shape index (κ2) is 36.5. The molecule has 26 heavy (non-hydrogen) atoms. The number of hydrogen-bond donors (Lipinski definition) is 0. The molecule has 0 unspecified atom stereocenters. The zero-order valence-electron chi connectivity index (χ0n) is 16.2. The van der Waals surface area contributed by atoms with Crippen molar-refractivity contribution >= 4 is 17.6 Å². The van der Waals surface area contributed by atoms with Crippen LogP contribution in [0.2, 0.25) is 37.3 Å². The minimum atomic E-state index is 0. The van der Waals surface area contributed by atoms with Gasteiger partial charge in [-0.3, -0.25) is 0 Å². The van der Waals surface area contributed by atoms with E-state index in [1.165, 1.54) is 36.8 Å². The predicted molar refractivity (Wildman–Crippen MR) is 95.1 cm³/mol. The smallest absolute Gasteiger partial charge is 1.00 e. The summed E-state index contributed by atoms with van der Waals surface area (Å²) in [7, 11) is 0.175. The van der Waals surface area contributed by atoms with E-state index in [1.54, 1.807) is 25.7 Å². The van der Waals surface area contributed by atoms with Gasteiger partial charge < -0.3 is 0 Å². The van der Waals surface area contributed by atoms with Crippen LogP contribution in [0, 0.1) is 26.6 Å².